The molecule has 1 atom stereocenters. The van der Waals surface area contributed by atoms with Gasteiger partial charge >= 0.3 is 5.97 Å². The molecule has 1 fully saturated rings. The van der Waals surface area contributed by atoms with Gasteiger partial charge in [-0.1, -0.05) is 44.0 Å². The zero-order valence-electron chi connectivity index (χ0n) is 11.8. The number of hydrogen-bond acceptors (Lipinski definition) is 3. The number of ether oxygens (including phenoxy) is 1. The number of esters is 1. The molecule has 0 aromatic heterocycles. The number of nitrogens with one attached hydrogen (secondary N) is 1. The van der Waals surface area contributed by atoms with Crippen molar-refractivity contribution in [3.05, 3.63) is 35.4 Å². The molecule has 0 saturated heterocycles. The van der Waals surface area contributed by atoms with Gasteiger partial charge in [-0.2, -0.15) is 0 Å². The molecule has 1 N–H and O–H groups in total. The van der Waals surface area contributed by atoms with E-state index in [9.17, 15) is 4.79 Å². The van der Waals surface area contributed by atoms with Crippen LogP contribution in [0.3, 0.4) is 0 Å². The summed E-state index contributed by atoms with van der Waals surface area (Å²) in [6.45, 7) is 2.13. The fourth-order valence-electron chi connectivity index (χ4n) is 2.69. The summed E-state index contributed by atoms with van der Waals surface area (Å²) in [6.07, 6.45) is 5.82. The highest BCUT2D eigenvalue weighted by Crippen LogP contribution is 2.23. The normalized spacial score (nSPS) is 17.4. The molecule has 0 amide bonds. The van der Waals surface area contributed by atoms with E-state index >= 15 is 0 Å². The number of hydrogen-bond donors (Lipinski definition) is 1. The van der Waals surface area contributed by atoms with Crippen LogP contribution in [0.2, 0.25) is 0 Å². The van der Waals surface area contributed by atoms with E-state index in [2.05, 4.69) is 24.4 Å². The van der Waals surface area contributed by atoms with Crippen LogP contribution in [0, 0.1) is 0 Å². The predicted molar refractivity (Wildman–Crippen MR) is 76.0 cm³/mol. The molecular weight excluding hydrogens is 238 g/mol. The molecule has 0 heterocycles. The van der Waals surface area contributed by atoms with Crippen molar-refractivity contribution in [1.29, 1.82) is 0 Å². The molecule has 0 aliphatic heterocycles. The van der Waals surface area contributed by atoms with Crippen LogP contribution in [0.1, 0.15) is 49.8 Å². The lowest BCUT2D eigenvalue weighted by Crippen LogP contribution is -2.36. The molecule has 1 aliphatic carbocycles. The Hall–Kier alpha value is -1.35. The molecule has 1 saturated carbocycles. The van der Waals surface area contributed by atoms with Gasteiger partial charge in [-0.05, 0) is 30.4 Å². The van der Waals surface area contributed by atoms with Gasteiger partial charge in [0.1, 0.15) is 6.04 Å². The van der Waals surface area contributed by atoms with Gasteiger partial charge in [-0.25, -0.2) is 4.79 Å². The summed E-state index contributed by atoms with van der Waals surface area (Å²) in [4.78, 5) is 12.0. The first-order valence-corrected chi connectivity index (χ1v) is 7.17. The Morgan fingerprint density at radius 1 is 1.32 bits per heavy atom. The van der Waals surface area contributed by atoms with Crippen molar-refractivity contribution < 1.29 is 9.53 Å². The van der Waals surface area contributed by atoms with Gasteiger partial charge < -0.3 is 4.74 Å². The van der Waals surface area contributed by atoms with E-state index in [-0.39, 0.29) is 12.0 Å². The molecule has 1 aromatic carbocycles. The molecule has 19 heavy (non-hydrogen) atoms. The minimum absolute atomic E-state index is 0.198. The predicted octanol–water partition coefficient (Wildman–Crippen LogP) is 3.00. The van der Waals surface area contributed by atoms with Crippen LogP contribution in [0.15, 0.2) is 24.3 Å². The highest BCUT2D eigenvalue weighted by molar-refractivity contribution is 5.77. The van der Waals surface area contributed by atoms with Crippen molar-refractivity contribution in [2.45, 2.75) is 51.1 Å². The highest BCUT2D eigenvalue weighted by Gasteiger charge is 2.26. The second-order valence-electron chi connectivity index (χ2n) is 5.20. The molecule has 3 heteroatoms. The van der Waals surface area contributed by atoms with Crippen LogP contribution < -0.4 is 5.32 Å². The summed E-state index contributed by atoms with van der Waals surface area (Å²) >= 11 is 0. The van der Waals surface area contributed by atoms with Gasteiger partial charge in [-0.3, -0.25) is 5.32 Å². The van der Waals surface area contributed by atoms with Crippen molar-refractivity contribution in [2.75, 3.05) is 7.11 Å². The fraction of sp³-hybridized carbons (Fsp3) is 0.562. The second-order valence-corrected chi connectivity index (χ2v) is 5.20. The summed E-state index contributed by atoms with van der Waals surface area (Å²) in [7, 11) is 1.45. The highest BCUT2D eigenvalue weighted by atomic mass is 16.5. The average molecular weight is 261 g/mol. The Bertz CT molecular complexity index is 407. The Balaban J connectivity index is 2.12. The number of methoxy groups -OCH3 is 1. The largest absolute Gasteiger partial charge is 0.468 e. The molecule has 1 aromatic rings. The molecule has 3 nitrogen and oxygen atoms in total. The van der Waals surface area contributed by atoms with Crippen LogP contribution in [0.4, 0.5) is 0 Å². The Morgan fingerprint density at radius 3 is 2.47 bits per heavy atom. The minimum Gasteiger partial charge on any atom is -0.468 e. The lowest BCUT2D eigenvalue weighted by molar-refractivity contribution is -0.143. The number of rotatable bonds is 5. The number of carbonyl (C=O) groups excluding carboxylic acids is 1. The van der Waals surface area contributed by atoms with E-state index < -0.39 is 0 Å². The van der Waals surface area contributed by atoms with Crippen LogP contribution >= 0.6 is 0 Å². The lowest BCUT2D eigenvalue weighted by Gasteiger charge is -2.21. The van der Waals surface area contributed by atoms with E-state index in [1.165, 1.54) is 25.5 Å². The third kappa shape index (κ3) is 3.57. The summed E-state index contributed by atoms with van der Waals surface area (Å²) in [5.41, 5.74) is 2.28. The standard InChI is InChI=1S/C16H23NO2/c1-3-12-8-10-13(11-9-12)15(16(18)19-2)17-14-6-4-5-7-14/h8-11,14-15,17H,3-7H2,1-2H3. The smallest absolute Gasteiger partial charge is 0.327 e. The molecule has 0 spiro atoms. The van der Waals surface area contributed by atoms with E-state index in [1.807, 2.05) is 12.1 Å². The summed E-state index contributed by atoms with van der Waals surface area (Å²) in [5, 5.41) is 3.45. The monoisotopic (exact) mass is 261 g/mol. The van der Waals surface area contributed by atoms with E-state index in [0.717, 1.165) is 24.8 Å². The van der Waals surface area contributed by atoms with Crippen molar-refractivity contribution in [2.24, 2.45) is 0 Å². The third-order valence-corrected chi connectivity index (χ3v) is 3.92. The number of benzene rings is 1. The molecule has 0 bridgehead atoms. The van der Waals surface area contributed by atoms with Gasteiger partial charge in [0, 0.05) is 6.04 Å². The van der Waals surface area contributed by atoms with Crippen LogP contribution in [-0.2, 0) is 16.0 Å². The van der Waals surface area contributed by atoms with Crippen molar-refractivity contribution in [3.63, 3.8) is 0 Å². The van der Waals surface area contributed by atoms with Crippen molar-refractivity contribution in [3.8, 4) is 0 Å². The SMILES string of the molecule is CCc1ccc(C(NC2CCCC2)C(=O)OC)cc1. The van der Waals surface area contributed by atoms with Crippen molar-refractivity contribution in [1.82, 2.24) is 5.32 Å². The summed E-state index contributed by atoms with van der Waals surface area (Å²) in [6, 6.07) is 8.34. The van der Waals surface area contributed by atoms with Gasteiger partial charge in [-0.15, -0.1) is 0 Å². The summed E-state index contributed by atoms with van der Waals surface area (Å²) < 4.78 is 4.93. The fourth-order valence-corrected chi connectivity index (χ4v) is 2.69. The van der Waals surface area contributed by atoms with E-state index in [1.54, 1.807) is 0 Å². The maximum absolute atomic E-state index is 12.0. The Morgan fingerprint density at radius 2 is 1.95 bits per heavy atom. The van der Waals surface area contributed by atoms with Crippen LogP contribution in [0.5, 0.6) is 0 Å². The Labute approximate surface area is 115 Å². The van der Waals surface area contributed by atoms with E-state index in [4.69, 9.17) is 4.74 Å². The minimum atomic E-state index is -0.334. The van der Waals surface area contributed by atoms with E-state index in [0.29, 0.717) is 6.04 Å². The summed E-state index contributed by atoms with van der Waals surface area (Å²) in [5.74, 6) is -0.198. The molecule has 104 valence electrons. The lowest BCUT2D eigenvalue weighted by atomic mass is 10.0. The maximum Gasteiger partial charge on any atom is 0.327 e. The maximum atomic E-state index is 12.0. The van der Waals surface area contributed by atoms with Crippen LogP contribution in [-0.4, -0.2) is 19.1 Å². The quantitative estimate of drug-likeness (QED) is 0.828. The topological polar surface area (TPSA) is 38.3 Å². The zero-order chi connectivity index (χ0) is 13.7. The number of aryl methyl sites for hydroxylation is 1. The first-order chi connectivity index (χ1) is 9.24. The molecule has 2 rings (SSSR count). The van der Waals surface area contributed by atoms with Gasteiger partial charge in [0.2, 0.25) is 0 Å². The number of carbonyl (C=O) groups is 1. The molecule has 0 radical (unpaired) electrons. The first kappa shape index (κ1) is 14.1. The van der Waals surface area contributed by atoms with Gasteiger partial charge in [0.25, 0.3) is 0 Å². The Kier molecular flexibility index (Phi) is 4.97. The molecule has 1 aliphatic rings. The van der Waals surface area contributed by atoms with Crippen LogP contribution in [0.25, 0.3) is 0 Å². The molecular formula is C16H23NO2. The van der Waals surface area contributed by atoms with Gasteiger partial charge in [0.15, 0.2) is 0 Å². The van der Waals surface area contributed by atoms with Crippen molar-refractivity contribution >= 4 is 5.97 Å². The zero-order valence-corrected chi connectivity index (χ0v) is 11.8. The first-order valence-electron chi connectivity index (χ1n) is 7.17. The molecule has 1 unspecified atom stereocenters. The second kappa shape index (κ2) is 6.71. The van der Waals surface area contributed by atoms with Gasteiger partial charge in [0.05, 0.1) is 7.11 Å². The average Bonchev–Trinajstić information content (AvgIpc) is 2.97. The third-order valence-electron chi connectivity index (χ3n) is 3.92.